The van der Waals surface area contributed by atoms with Gasteiger partial charge < -0.3 is 9.47 Å². The third kappa shape index (κ3) is 3.44. The lowest BCUT2D eigenvalue weighted by molar-refractivity contribution is 0.0525. The summed E-state index contributed by atoms with van der Waals surface area (Å²) >= 11 is 0. The van der Waals surface area contributed by atoms with Crippen LogP contribution in [-0.4, -0.2) is 45.4 Å². The highest BCUT2D eigenvalue weighted by Crippen LogP contribution is 2.22. The van der Waals surface area contributed by atoms with E-state index in [4.69, 9.17) is 4.74 Å². The Kier molecular flexibility index (Phi) is 5.02. The van der Waals surface area contributed by atoms with Crippen molar-refractivity contribution in [3.05, 3.63) is 60.2 Å². The third-order valence-electron chi connectivity index (χ3n) is 3.42. The Balaban J connectivity index is 2.05. The molecule has 0 aliphatic heterocycles. The van der Waals surface area contributed by atoms with Gasteiger partial charge in [0.05, 0.1) is 31.8 Å². The van der Waals surface area contributed by atoms with Crippen molar-refractivity contribution in [3.63, 3.8) is 0 Å². The molecular weight excluding hydrogens is 336 g/mol. The average Bonchev–Trinajstić information content (AvgIpc) is 3.14. The summed E-state index contributed by atoms with van der Waals surface area (Å²) in [4.78, 5) is 31.9. The highest BCUT2D eigenvalue weighted by atomic mass is 16.5. The lowest BCUT2D eigenvalue weighted by atomic mass is 10.2. The molecule has 3 rings (SSSR count). The first-order valence-electron chi connectivity index (χ1n) is 7.79. The number of methoxy groups -OCH3 is 1. The monoisotopic (exact) mass is 351 g/mol. The quantitative estimate of drug-likeness (QED) is 0.649. The Morgan fingerprint density at radius 2 is 1.88 bits per heavy atom. The summed E-state index contributed by atoms with van der Waals surface area (Å²) in [6.45, 7) is 1.93. The van der Waals surface area contributed by atoms with Crippen LogP contribution in [0.1, 0.15) is 27.8 Å². The summed E-state index contributed by atoms with van der Waals surface area (Å²) in [5.74, 6) is -1.17. The molecule has 0 fully saturated rings. The van der Waals surface area contributed by atoms with E-state index in [2.05, 4.69) is 26.0 Å². The number of carbonyl (C=O) groups excluding carboxylic acids is 2. The Morgan fingerprint density at radius 1 is 1.12 bits per heavy atom. The summed E-state index contributed by atoms with van der Waals surface area (Å²) in [6, 6.07) is 9.22. The van der Waals surface area contributed by atoms with Crippen molar-refractivity contribution in [1.82, 2.24) is 19.7 Å². The highest BCUT2D eigenvalue weighted by molar-refractivity contribution is 5.95. The van der Waals surface area contributed by atoms with Crippen molar-refractivity contribution in [3.8, 4) is 17.1 Å². The molecule has 131 valence electrons. The molecule has 8 nitrogen and oxygen atoms in total. The molecule has 0 unspecified atom stereocenters. The number of ether oxygens (including phenoxy) is 2. The van der Waals surface area contributed by atoms with Gasteiger partial charge in [0.1, 0.15) is 23.1 Å². The van der Waals surface area contributed by atoms with Gasteiger partial charge in [-0.25, -0.2) is 19.3 Å². The number of rotatable bonds is 5. The molecule has 1 aromatic carbocycles. The predicted molar refractivity (Wildman–Crippen MR) is 90.7 cm³/mol. The molecule has 0 aliphatic carbocycles. The van der Waals surface area contributed by atoms with Crippen LogP contribution in [-0.2, 0) is 9.47 Å². The molecule has 26 heavy (non-hydrogen) atoms. The van der Waals surface area contributed by atoms with Gasteiger partial charge in [0.15, 0.2) is 5.69 Å². The molecule has 0 saturated heterocycles. The number of aromatic nitrogens is 4. The number of para-hydroxylation sites is 1. The SMILES string of the molecule is CCOC(=O)c1[c]n(-c2ccccc2)nc1-c1cnc(C(=O)OC)cn1. The van der Waals surface area contributed by atoms with Crippen molar-refractivity contribution in [2.75, 3.05) is 13.7 Å². The normalized spacial score (nSPS) is 10.4. The maximum atomic E-state index is 12.3. The molecule has 2 heterocycles. The van der Waals surface area contributed by atoms with E-state index in [1.807, 2.05) is 30.3 Å². The Morgan fingerprint density at radius 3 is 2.50 bits per heavy atom. The van der Waals surface area contributed by atoms with Crippen LogP contribution < -0.4 is 0 Å². The lowest BCUT2D eigenvalue weighted by Crippen LogP contribution is -2.07. The Labute approximate surface area is 149 Å². The fraction of sp³-hybridized carbons (Fsp3) is 0.167. The van der Waals surface area contributed by atoms with Gasteiger partial charge in [-0.3, -0.25) is 4.98 Å². The molecule has 0 N–H and O–H groups in total. The van der Waals surface area contributed by atoms with Crippen LogP contribution in [0.25, 0.3) is 17.1 Å². The van der Waals surface area contributed by atoms with E-state index >= 15 is 0 Å². The van der Waals surface area contributed by atoms with E-state index in [1.54, 1.807) is 6.92 Å². The lowest BCUT2D eigenvalue weighted by Gasteiger charge is -2.02. The van der Waals surface area contributed by atoms with E-state index in [0.717, 1.165) is 5.69 Å². The molecular formula is C18H15N4O4. The Bertz CT molecular complexity index is 920. The van der Waals surface area contributed by atoms with Crippen LogP contribution in [0.4, 0.5) is 0 Å². The second-order valence-corrected chi connectivity index (χ2v) is 5.08. The second-order valence-electron chi connectivity index (χ2n) is 5.08. The van der Waals surface area contributed by atoms with Crippen LogP contribution in [0.5, 0.6) is 0 Å². The van der Waals surface area contributed by atoms with Crippen molar-refractivity contribution < 1.29 is 19.1 Å². The summed E-state index contributed by atoms with van der Waals surface area (Å²) < 4.78 is 11.1. The van der Waals surface area contributed by atoms with E-state index < -0.39 is 11.9 Å². The number of hydrogen-bond donors (Lipinski definition) is 0. The minimum absolute atomic E-state index is 0.0559. The van der Waals surface area contributed by atoms with Gasteiger partial charge in [-0.1, -0.05) is 18.2 Å². The summed E-state index contributed by atoms with van der Waals surface area (Å²) in [7, 11) is 1.26. The van der Waals surface area contributed by atoms with Crippen LogP contribution in [0.2, 0.25) is 0 Å². The molecule has 0 amide bonds. The maximum absolute atomic E-state index is 12.3. The molecule has 0 aliphatic rings. The molecule has 0 spiro atoms. The van der Waals surface area contributed by atoms with Gasteiger partial charge in [-0.2, -0.15) is 5.10 Å². The van der Waals surface area contributed by atoms with E-state index in [0.29, 0.717) is 5.69 Å². The van der Waals surface area contributed by atoms with E-state index in [9.17, 15) is 9.59 Å². The Hall–Kier alpha value is -3.55. The standard InChI is InChI=1S/C18H15N4O4/c1-3-26-17(23)13-11-22(12-7-5-4-6-8-12)21-16(13)14-9-20-15(10-19-14)18(24)25-2/h4-10H,3H2,1-2H3. The first-order valence-corrected chi connectivity index (χ1v) is 7.79. The molecule has 0 bridgehead atoms. The second kappa shape index (κ2) is 7.56. The van der Waals surface area contributed by atoms with Gasteiger partial charge in [-0.05, 0) is 19.1 Å². The van der Waals surface area contributed by atoms with Crippen LogP contribution >= 0.6 is 0 Å². The molecule has 0 saturated carbocycles. The van der Waals surface area contributed by atoms with E-state index in [1.165, 1.54) is 24.2 Å². The van der Waals surface area contributed by atoms with Gasteiger partial charge in [0.25, 0.3) is 0 Å². The molecule has 8 heteroatoms. The molecule has 3 aromatic rings. The summed E-state index contributed by atoms with van der Waals surface area (Å²) in [5, 5.41) is 4.39. The van der Waals surface area contributed by atoms with Gasteiger partial charge in [-0.15, -0.1) is 0 Å². The summed E-state index contributed by atoms with van der Waals surface area (Å²) in [5.41, 5.74) is 1.49. The molecule has 1 radical (unpaired) electrons. The number of hydrogen-bond acceptors (Lipinski definition) is 7. The van der Waals surface area contributed by atoms with Crippen molar-refractivity contribution in [2.45, 2.75) is 6.92 Å². The average molecular weight is 351 g/mol. The number of nitrogens with zero attached hydrogens (tertiary/aromatic N) is 4. The smallest absolute Gasteiger partial charge is 0.358 e. The molecule has 2 aromatic heterocycles. The fourth-order valence-corrected chi connectivity index (χ4v) is 2.21. The van der Waals surface area contributed by atoms with Crippen molar-refractivity contribution in [2.24, 2.45) is 0 Å². The topological polar surface area (TPSA) is 96.2 Å². The number of carbonyl (C=O) groups is 2. The van der Waals surface area contributed by atoms with Gasteiger partial charge in [0, 0.05) is 0 Å². The predicted octanol–water partition coefficient (Wildman–Crippen LogP) is 2.09. The zero-order valence-corrected chi connectivity index (χ0v) is 14.2. The fourth-order valence-electron chi connectivity index (χ4n) is 2.21. The minimum Gasteiger partial charge on any atom is -0.464 e. The highest BCUT2D eigenvalue weighted by Gasteiger charge is 2.22. The minimum atomic E-state index is -0.601. The number of esters is 2. The number of benzene rings is 1. The zero-order valence-electron chi connectivity index (χ0n) is 14.2. The third-order valence-corrected chi connectivity index (χ3v) is 3.42. The van der Waals surface area contributed by atoms with Gasteiger partial charge >= 0.3 is 11.9 Å². The largest absolute Gasteiger partial charge is 0.464 e. The first-order chi connectivity index (χ1) is 12.6. The summed E-state index contributed by atoms with van der Waals surface area (Å²) in [6.07, 6.45) is 5.51. The van der Waals surface area contributed by atoms with E-state index in [-0.39, 0.29) is 23.6 Å². The van der Waals surface area contributed by atoms with Gasteiger partial charge in [0.2, 0.25) is 0 Å². The molecule has 0 atom stereocenters. The zero-order chi connectivity index (χ0) is 18.5. The first kappa shape index (κ1) is 17.3. The van der Waals surface area contributed by atoms with Crippen LogP contribution in [0.3, 0.4) is 0 Å². The van der Waals surface area contributed by atoms with Crippen molar-refractivity contribution in [1.29, 1.82) is 0 Å². The van der Waals surface area contributed by atoms with Crippen LogP contribution in [0.15, 0.2) is 42.7 Å². The maximum Gasteiger partial charge on any atom is 0.358 e. The van der Waals surface area contributed by atoms with Crippen molar-refractivity contribution >= 4 is 11.9 Å². The van der Waals surface area contributed by atoms with Crippen LogP contribution in [0, 0.1) is 6.20 Å².